The van der Waals surface area contributed by atoms with Gasteiger partial charge in [0, 0.05) is 32.8 Å². The topological polar surface area (TPSA) is 85.3 Å². The second kappa shape index (κ2) is 9.15. The monoisotopic (exact) mass is 371 g/mol. The Labute approximate surface area is 156 Å². The SMILES string of the molecule is COCCC[C@@H]1CCO[C@@H]2[C@@H](C1)CN(C(=O)OC(C)(C)C)[C@@H]2C(=O)CO. The van der Waals surface area contributed by atoms with Crippen LogP contribution in [-0.4, -0.2) is 73.1 Å². The summed E-state index contributed by atoms with van der Waals surface area (Å²) in [5.74, 6) is 0.183. The van der Waals surface area contributed by atoms with E-state index in [-0.39, 0.29) is 17.8 Å². The first-order valence-electron chi connectivity index (χ1n) is 9.50. The smallest absolute Gasteiger partial charge is 0.411 e. The Morgan fingerprint density at radius 3 is 2.65 bits per heavy atom. The summed E-state index contributed by atoms with van der Waals surface area (Å²) in [7, 11) is 1.70. The molecule has 0 saturated carbocycles. The van der Waals surface area contributed by atoms with Gasteiger partial charge in [0.05, 0.1) is 6.10 Å². The first kappa shape index (κ1) is 21.1. The van der Waals surface area contributed by atoms with Crippen LogP contribution in [0.15, 0.2) is 0 Å². The Balaban J connectivity index is 2.11. The third-order valence-corrected chi connectivity index (χ3v) is 5.09. The third-order valence-electron chi connectivity index (χ3n) is 5.09. The standard InChI is InChI=1S/C19H33NO6/c1-19(2,3)26-18(23)20-11-14-10-13(6-5-8-24-4)7-9-25-17(14)16(20)15(22)12-21/h13-14,16-17,21H,5-12H2,1-4H3/t13-,14+,16-,17-/m1/s1. The molecule has 2 aliphatic heterocycles. The molecule has 0 aromatic rings. The van der Waals surface area contributed by atoms with E-state index in [2.05, 4.69) is 0 Å². The lowest BCUT2D eigenvalue weighted by molar-refractivity contribution is -0.130. The summed E-state index contributed by atoms with van der Waals surface area (Å²) in [5.41, 5.74) is -0.641. The maximum atomic E-state index is 12.6. The summed E-state index contributed by atoms with van der Waals surface area (Å²) < 4.78 is 16.6. The molecule has 1 N–H and O–H groups in total. The number of hydrogen-bond donors (Lipinski definition) is 1. The molecule has 2 saturated heterocycles. The predicted molar refractivity (Wildman–Crippen MR) is 95.9 cm³/mol. The van der Waals surface area contributed by atoms with Crippen LogP contribution >= 0.6 is 0 Å². The number of likely N-dealkylation sites (tertiary alicyclic amines) is 1. The largest absolute Gasteiger partial charge is 0.444 e. The van der Waals surface area contributed by atoms with Crippen LogP contribution in [0.25, 0.3) is 0 Å². The van der Waals surface area contributed by atoms with Crippen molar-refractivity contribution in [2.45, 2.75) is 64.2 Å². The first-order valence-corrected chi connectivity index (χ1v) is 9.50. The highest BCUT2D eigenvalue weighted by molar-refractivity contribution is 5.89. The van der Waals surface area contributed by atoms with Crippen molar-refractivity contribution in [3.8, 4) is 0 Å². The number of ether oxygens (including phenoxy) is 3. The normalized spacial score (nSPS) is 29.2. The Kier molecular flexibility index (Phi) is 7.43. The van der Waals surface area contributed by atoms with E-state index in [0.29, 0.717) is 19.1 Å². The molecule has 7 nitrogen and oxygen atoms in total. The van der Waals surface area contributed by atoms with E-state index in [1.165, 1.54) is 4.90 Å². The van der Waals surface area contributed by atoms with Crippen LogP contribution < -0.4 is 0 Å². The molecule has 0 bridgehead atoms. The lowest BCUT2D eigenvalue weighted by atomic mass is 9.87. The molecule has 2 fully saturated rings. The van der Waals surface area contributed by atoms with Crippen molar-refractivity contribution in [3.05, 3.63) is 0 Å². The van der Waals surface area contributed by atoms with Crippen LogP contribution in [0.3, 0.4) is 0 Å². The second-order valence-electron chi connectivity index (χ2n) is 8.32. The maximum Gasteiger partial charge on any atom is 0.411 e. The first-order chi connectivity index (χ1) is 12.3. The van der Waals surface area contributed by atoms with Gasteiger partial charge < -0.3 is 19.3 Å². The van der Waals surface area contributed by atoms with Gasteiger partial charge in [0.15, 0.2) is 5.78 Å². The molecule has 150 valence electrons. The maximum absolute atomic E-state index is 12.6. The van der Waals surface area contributed by atoms with Gasteiger partial charge in [-0.1, -0.05) is 0 Å². The fraction of sp³-hybridized carbons (Fsp3) is 0.895. The molecule has 2 rings (SSSR count). The number of ketones is 1. The molecule has 4 atom stereocenters. The average Bonchev–Trinajstić information content (AvgIpc) is 2.79. The number of nitrogens with zero attached hydrogens (tertiary/aromatic N) is 1. The molecule has 2 aliphatic rings. The third kappa shape index (κ3) is 5.41. The number of rotatable bonds is 6. The van der Waals surface area contributed by atoms with E-state index in [9.17, 15) is 14.7 Å². The van der Waals surface area contributed by atoms with E-state index >= 15 is 0 Å². The van der Waals surface area contributed by atoms with Crippen molar-refractivity contribution in [2.24, 2.45) is 11.8 Å². The van der Waals surface area contributed by atoms with E-state index < -0.39 is 24.3 Å². The van der Waals surface area contributed by atoms with Gasteiger partial charge in [-0.05, 0) is 52.4 Å². The fourth-order valence-electron chi connectivity index (χ4n) is 4.00. The number of Topliss-reactive ketones (excluding diaryl/α,β-unsaturated/α-hetero) is 1. The quantitative estimate of drug-likeness (QED) is 0.719. The number of aliphatic hydroxyl groups is 1. The van der Waals surface area contributed by atoms with Crippen LogP contribution in [0.1, 0.15) is 46.5 Å². The minimum absolute atomic E-state index is 0.0815. The van der Waals surface area contributed by atoms with Gasteiger partial charge in [-0.2, -0.15) is 0 Å². The van der Waals surface area contributed by atoms with Crippen molar-refractivity contribution in [2.75, 3.05) is 33.5 Å². The Hall–Kier alpha value is -1.18. The van der Waals surface area contributed by atoms with Crippen LogP contribution in [0.4, 0.5) is 4.79 Å². The molecule has 0 aromatic heterocycles. The molecule has 0 aromatic carbocycles. The molecule has 0 spiro atoms. The van der Waals surface area contributed by atoms with Crippen LogP contribution in [0, 0.1) is 11.8 Å². The predicted octanol–water partition coefficient (Wildman–Crippen LogP) is 2.01. The number of amides is 1. The van der Waals surface area contributed by atoms with Gasteiger partial charge in [-0.3, -0.25) is 9.69 Å². The van der Waals surface area contributed by atoms with E-state index in [0.717, 1.165) is 32.3 Å². The number of hydrogen-bond acceptors (Lipinski definition) is 6. The molecule has 0 aliphatic carbocycles. The summed E-state index contributed by atoms with van der Waals surface area (Å²) in [6.45, 7) is 6.51. The molecular formula is C19H33NO6. The van der Waals surface area contributed by atoms with Crippen molar-refractivity contribution < 1.29 is 28.9 Å². The van der Waals surface area contributed by atoms with Gasteiger partial charge in [0.25, 0.3) is 0 Å². The van der Waals surface area contributed by atoms with Gasteiger partial charge in [-0.15, -0.1) is 0 Å². The summed E-state index contributed by atoms with van der Waals surface area (Å²) in [6.07, 6.45) is 3.01. The van der Waals surface area contributed by atoms with E-state index in [1.54, 1.807) is 27.9 Å². The van der Waals surface area contributed by atoms with Crippen LogP contribution in [-0.2, 0) is 19.0 Å². The number of methoxy groups -OCH3 is 1. The van der Waals surface area contributed by atoms with Gasteiger partial charge >= 0.3 is 6.09 Å². The zero-order valence-electron chi connectivity index (χ0n) is 16.4. The van der Waals surface area contributed by atoms with Gasteiger partial charge in [0.2, 0.25) is 0 Å². The van der Waals surface area contributed by atoms with Crippen molar-refractivity contribution in [1.29, 1.82) is 0 Å². The number of carbonyl (C=O) groups is 2. The van der Waals surface area contributed by atoms with Crippen LogP contribution in [0.5, 0.6) is 0 Å². The molecule has 7 heteroatoms. The summed E-state index contributed by atoms with van der Waals surface area (Å²) in [6, 6.07) is -0.766. The Morgan fingerprint density at radius 2 is 2.04 bits per heavy atom. The lowest BCUT2D eigenvalue weighted by Gasteiger charge is -2.29. The zero-order chi connectivity index (χ0) is 19.3. The molecular weight excluding hydrogens is 338 g/mol. The second-order valence-corrected chi connectivity index (χ2v) is 8.32. The Morgan fingerprint density at radius 1 is 1.31 bits per heavy atom. The highest BCUT2D eigenvalue weighted by atomic mass is 16.6. The average molecular weight is 371 g/mol. The number of fused-ring (bicyclic) bond motifs is 1. The Bertz CT molecular complexity index is 489. The highest BCUT2D eigenvalue weighted by Gasteiger charge is 2.50. The zero-order valence-corrected chi connectivity index (χ0v) is 16.4. The van der Waals surface area contributed by atoms with Crippen molar-refractivity contribution >= 4 is 11.9 Å². The van der Waals surface area contributed by atoms with E-state index in [1.807, 2.05) is 0 Å². The van der Waals surface area contributed by atoms with E-state index in [4.69, 9.17) is 14.2 Å². The molecule has 26 heavy (non-hydrogen) atoms. The fourth-order valence-corrected chi connectivity index (χ4v) is 4.00. The summed E-state index contributed by atoms with van der Waals surface area (Å²) >= 11 is 0. The number of carbonyl (C=O) groups excluding carboxylic acids is 2. The summed E-state index contributed by atoms with van der Waals surface area (Å²) in [5, 5.41) is 9.39. The van der Waals surface area contributed by atoms with Crippen molar-refractivity contribution in [1.82, 2.24) is 4.90 Å². The number of aliphatic hydroxyl groups excluding tert-OH is 1. The minimum Gasteiger partial charge on any atom is -0.444 e. The van der Waals surface area contributed by atoms with Gasteiger partial charge in [-0.25, -0.2) is 4.79 Å². The molecule has 0 unspecified atom stereocenters. The highest BCUT2D eigenvalue weighted by Crippen LogP contribution is 2.37. The molecule has 1 amide bonds. The van der Waals surface area contributed by atoms with Crippen molar-refractivity contribution in [3.63, 3.8) is 0 Å². The lowest BCUT2D eigenvalue weighted by Crippen LogP contribution is -2.48. The molecule has 2 heterocycles. The minimum atomic E-state index is -0.766. The van der Waals surface area contributed by atoms with Gasteiger partial charge in [0.1, 0.15) is 18.2 Å². The van der Waals surface area contributed by atoms with Crippen LogP contribution in [0.2, 0.25) is 0 Å². The summed E-state index contributed by atoms with van der Waals surface area (Å²) in [4.78, 5) is 26.4. The molecule has 0 radical (unpaired) electrons.